The average Bonchev–Trinajstić information content (AvgIpc) is 2.79. The second kappa shape index (κ2) is 6.10. The normalized spacial score (nSPS) is 13.8. The van der Waals surface area contributed by atoms with Crippen LogP contribution in [0.1, 0.15) is 29.5 Å². The van der Waals surface area contributed by atoms with Crippen molar-refractivity contribution in [3.8, 4) is 0 Å². The van der Waals surface area contributed by atoms with Crippen molar-refractivity contribution in [2.75, 3.05) is 13.7 Å². The molecule has 0 aliphatic rings. The predicted octanol–water partition coefficient (Wildman–Crippen LogP) is 0.647. The number of hydrogen-bond acceptors (Lipinski definition) is 5. The van der Waals surface area contributed by atoms with E-state index in [0.29, 0.717) is 17.0 Å². The van der Waals surface area contributed by atoms with Crippen molar-refractivity contribution < 1.29 is 19.4 Å². The van der Waals surface area contributed by atoms with Gasteiger partial charge in [0.05, 0.1) is 24.1 Å². The number of carbonyl (C=O) groups is 2. The van der Waals surface area contributed by atoms with E-state index in [1.54, 1.807) is 36.6 Å². The lowest BCUT2D eigenvalue weighted by Crippen LogP contribution is -2.50. The quantitative estimate of drug-likeness (QED) is 0.811. The fraction of sp³-hybridized carbons (Fsp3) is 0.429. The molecule has 2 rings (SSSR count). The van der Waals surface area contributed by atoms with Crippen LogP contribution < -0.4 is 5.32 Å². The maximum Gasteiger partial charge on any atom is 0.305 e. The van der Waals surface area contributed by atoms with E-state index in [-0.39, 0.29) is 18.9 Å². The summed E-state index contributed by atoms with van der Waals surface area (Å²) >= 11 is 0. The standard InChI is InChI=1S/C14H18N4O4/c1-9-16-17-11-5-4-10(7-18(9)11)13(21)15-14(2,8-22-3)6-12(19)20/h4-5,7H,6,8H2,1-3H3,(H,15,21)(H,19,20). The Morgan fingerprint density at radius 3 is 2.77 bits per heavy atom. The zero-order valence-electron chi connectivity index (χ0n) is 12.7. The Morgan fingerprint density at radius 1 is 1.41 bits per heavy atom. The number of ether oxygens (including phenoxy) is 1. The first-order valence-corrected chi connectivity index (χ1v) is 6.69. The number of rotatable bonds is 6. The smallest absolute Gasteiger partial charge is 0.305 e. The Labute approximate surface area is 127 Å². The van der Waals surface area contributed by atoms with Gasteiger partial charge in [-0.1, -0.05) is 0 Å². The molecule has 2 aromatic heterocycles. The number of nitrogens with one attached hydrogen (secondary N) is 1. The predicted molar refractivity (Wildman–Crippen MR) is 77.7 cm³/mol. The summed E-state index contributed by atoms with van der Waals surface area (Å²) in [4.78, 5) is 23.3. The lowest BCUT2D eigenvalue weighted by molar-refractivity contribution is -0.139. The number of nitrogens with zero attached hydrogens (tertiary/aromatic N) is 3. The van der Waals surface area contributed by atoms with E-state index in [2.05, 4.69) is 15.5 Å². The third-order valence-electron chi connectivity index (χ3n) is 3.25. The summed E-state index contributed by atoms with van der Waals surface area (Å²) < 4.78 is 6.71. The first-order valence-electron chi connectivity index (χ1n) is 6.69. The highest BCUT2D eigenvalue weighted by Crippen LogP contribution is 2.13. The van der Waals surface area contributed by atoms with E-state index < -0.39 is 11.5 Å². The highest BCUT2D eigenvalue weighted by atomic mass is 16.5. The topological polar surface area (TPSA) is 106 Å². The number of carboxylic acids is 1. The number of carbonyl (C=O) groups excluding carboxylic acids is 1. The van der Waals surface area contributed by atoms with Crippen LogP contribution in [0.2, 0.25) is 0 Å². The first kappa shape index (κ1) is 15.9. The molecule has 1 atom stereocenters. The van der Waals surface area contributed by atoms with Crippen molar-refractivity contribution in [2.24, 2.45) is 0 Å². The lowest BCUT2D eigenvalue weighted by atomic mass is 9.98. The van der Waals surface area contributed by atoms with Gasteiger partial charge in [-0.05, 0) is 26.0 Å². The summed E-state index contributed by atoms with van der Waals surface area (Å²) in [6.07, 6.45) is 1.38. The molecule has 8 heteroatoms. The number of carboxylic acid groups (broad SMARTS) is 1. The van der Waals surface area contributed by atoms with Crippen LogP contribution in [0.15, 0.2) is 18.3 Å². The molecule has 2 N–H and O–H groups in total. The number of aliphatic carboxylic acids is 1. The van der Waals surface area contributed by atoms with Crippen LogP contribution in [-0.2, 0) is 9.53 Å². The second-order valence-electron chi connectivity index (χ2n) is 5.41. The summed E-state index contributed by atoms with van der Waals surface area (Å²) in [6.45, 7) is 3.51. The number of pyridine rings is 1. The van der Waals surface area contributed by atoms with E-state index in [1.165, 1.54) is 7.11 Å². The first-order chi connectivity index (χ1) is 10.3. The molecule has 0 aliphatic carbocycles. The molecule has 0 aliphatic heterocycles. The average molecular weight is 306 g/mol. The molecule has 22 heavy (non-hydrogen) atoms. The SMILES string of the molecule is COCC(C)(CC(=O)O)NC(=O)c1ccc2nnc(C)n2c1. The van der Waals surface area contributed by atoms with Gasteiger partial charge in [0.1, 0.15) is 5.82 Å². The van der Waals surface area contributed by atoms with Crippen molar-refractivity contribution >= 4 is 17.5 Å². The van der Waals surface area contributed by atoms with Crippen molar-refractivity contribution in [1.82, 2.24) is 19.9 Å². The molecule has 1 amide bonds. The Balaban J connectivity index is 2.24. The number of fused-ring (bicyclic) bond motifs is 1. The van der Waals surface area contributed by atoms with Crippen molar-refractivity contribution in [1.29, 1.82) is 0 Å². The molecule has 0 aromatic carbocycles. The Bertz CT molecular complexity index is 712. The third kappa shape index (κ3) is 3.40. The molecule has 118 valence electrons. The fourth-order valence-corrected chi connectivity index (χ4v) is 2.27. The minimum atomic E-state index is -1.01. The molecule has 0 radical (unpaired) electrons. The number of hydrogen-bond donors (Lipinski definition) is 2. The maximum atomic E-state index is 12.4. The summed E-state index contributed by atoms with van der Waals surface area (Å²) in [5.74, 6) is -0.726. The highest BCUT2D eigenvalue weighted by molar-refractivity contribution is 5.95. The Kier molecular flexibility index (Phi) is 4.41. The van der Waals surface area contributed by atoms with Gasteiger partial charge in [0, 0.05) is 13.3 Å². The highest BCUT2D eigenvalue weighted by Gasteiger charge is 2.30. The fourth-order valence-electron chi connectivity index (χ4n) is 2.27. The Hall–Kier alpha value is -2.48. The van der Waals surface area contributed by atoms with E-state index in [1.807, 2.05) is 0 Å². The van der Waals surface area contributed by atoms with Gasteiger partial charge >= 0.3 is 5.97 Å². The molecule has 0 spiro atoms. The minimum Gasteiger partial charge on any atom is -0.481 e. The summed E-state index contributed by atoms with van der Waals surface area (Å²) in [5.41, 5.74) is 0.0387. The molecular weight excluding hydrogens is 288 g/mol. The van der Waals surface area contributed by atoms with Crippen LogP contribution in [0.4, 0.5) is 0 Å². The molecule has 2 heterocycles. The molecule has 2 aromatic rings. The van der Waals surface area contributed by atoms with E-state index in [9.17, 15) is 9.59 Å². The third-order valence-corrected chi connectivity index (χ3v) is 3.25. The monoisotopic (exact) mass is 306 g/mol. The van der Waals surface area contributed by atoms with E-state index in [0.717, 1.165) is 0 Å². The molecule has 0 fully saturated rings. The van der Waals surface area contributed by atoms with Gasteiger partial charge in [0.15, 0.2) is 5.65 Å². The van der Waals surface area contributed by atoms with Gasteiger partial charge in [-0.3, -0.25) is 14.0 Å². The van der Waals surface area contributed by atoms with Crippen LogP contribution in [0.5, 0.6) is 0 Å². The van der Waals surface area contributed by atoms with E-state index in [4.69, 9.17) is 9.84 Å². The van der Waals surface area contributed by atoms with Crippen LogP contribution >= 0.6 is 0 Å². The maximum absolute atomic E-state index is 12.4. The molecule has 8 nitrogen and oxygen atoms in total. The minimum absolute atomic E-state index is 0.0962. The van der Waals surface area contributed by atoms with Gasteiger partial charge in [0.25, 0.3) is 5.91 Å². The Morgan fingerprint density at radius 2 is 2.14 bits per heavy atom. The van der Waals surface area contributed by atoms with Gasteiger partial charge in [0.2, 0.25) is 0 Å². The van der Waals surface area contributed by atoms with Gasteiger partial charge in [-0.15, -0.1) is 10.2 Å². The van der Waals surface area contributed by atoms with Gasteiger partial charge in [-0.2, -0.15) is 0 Å². The van der Waals surface area contributed by atoms with Crippen molar-refractivity contribution in [3.63, 3.8) is 0 Å². The van der Waals surface area contributed by atoms with Gasteiger partial charge < -0.3 is 15.2 Å². The summed E-state index contributed by atoms with van der Waals surface area (Å²) in [7, 11) is 1.46. The zero-order chi connectivity index (χ0) is 16.3. The lowest BCUT2D eigenvalue weighted by Gasteiger charge is -2.28. The summed E-state index contributed by atoms with van der Waals surface area (Å²) in [5, 5.41) is 19.6. The van der Waals surface area contributed by atoms with Crippen LogP contribution in [-0.4, -0.2) is 50.8 Å². The zero-order valence-corrected chi connectivity index (χ0v) is 12.7. The van der Waals surface area contributed by atoms with Crippen molar-refractivity contribution in [3.05, 3.63) is 29.7 Å². The number of methoxy groups -OCH3 is 1. The largest absolute Gasteiger partial charge is 0.481 e. The van der Waals surface area contributed by atoms with Crippen LogP contribution in [0.3, 0.4) is 0 Å². The number of amides is 1. The molecule has 0 saturated heterocycles. The summed E-state index contributed by atoms with van der Waals surface area (Å²) in [6, 6.07) is 3.30. The van der Waals surface area contributed by atoms with Crippen LogP contribution in [0, 0.1) is 6.92 Å². The molecular formula is C14H18N4O4. The molecule has 1 unspecified atom stereocenters. The molecule has 0 saturated carbocycles. The number of aromatic nitrogens is 3. The van der Waals surface area contributed by atoms with Crippen molar-refractivity contribution in [2.45, 2.75) is 25.8 Å². The van der Waals surface area contributed by atoms with Gasteiger partial charge in [-0.25, -0.2) is 0 Å². The second-order valence-corrected chi connectivity index (χ2v) is 5.41. The van der Waals surface area contributed by atoms with Crippen LogP contribution in [0.25, 0.3) is 5.65 Å². The number of aryl methyl sites for hydroxylation is 1. The van der Waals surface area contributed by atoms with E-state index >= 15 is 0 Å². The molecule has 0 bridgehead atoms.